The van der Waals surface area contributed by atoms with Gasteiger partial charge in [0, 0.05) is 23.4 Å². The average Bonchev–Trinajstić information content (AvgIpc) is 2.65. The Bertz CT molecular complexity index is 801. The Balaban J connectivity index is 1.86. The Morgan fingerprint density at radius 3 is 2.50 bits per heavy atom. The van der Waals surface area contributed by atoms with Crippen LogP contribution in [0.1, 0.15) is 54.4 Å². The quantitative estimate of drug-likeness (QED) is 0.249. The van der Waals surface area contributed by atoms with E-state index in [0.717, 1.165) is 32.1 Å². The summed E-state index contributed by atoms with van der Waals surface area (Å²) in [6.45, 7) is 4.04. The number of para-hydroxylation sites is 1. The number of carbonyl (C=O) groups is 1. The molecule has 0 saturated heterocycles. The van der Waals surface area contributed by atoms with Gasteiger partial charge in [0.05, 0.1) is 17.9 Å². The van der Waals surface area contributed by atoms with E-state index in [1.54, 1.807) is 36.4 Å². The van der Waals surface area contributed by atoms with Crippen LogP contribution in [0, 0.1) is 0 Å². The number of Topliss-reactive ketones (excluding diaryl/α,β-unsaturated/α-hetero) is 1. The summed E-state index contributed by atoms with van der Waals surface area (Å²) < 4.78 is 5.88. The smallest absolute Gasteiger partial charge is 0.171 e. The summed E-state index contributed by atoms with van der Waals surface area (Å²) in [5.41, 5.74) is 1.00. The second-order valence-corrected chi connectivity index (χ2v) is 7.24. The number of hydrogen-bond acceptors (Lipinski definition) is 4. The van der Waals surface area contributed by atoms with Gasteiger partial charge in [0.2, 0.25) is 0 Å². The summed E-state index contributed by atoms with van der Waals surface area (Å²) in [5, 5.41) is 19.5. The van der Waals surface area contributed by atoms with E-state index >= 15 is 0 Å². The lowest BCUT2D eigenvalue weighted by molar-refractivity contribution is 0.0989. The van der Waals surface area contributed by atoms with Gasteiger partial charge in [-0.25, -0.2) is 0 Å². The van der Waals surface area contributed by atoms with Gasteiger partial charge in [0.1, 0.15) is 11.5 Å². The number of rotatable bonds is 12. The molecule has 4 nitrogen and oxygen atoms in total. The van der Waals surface area contributed by atoms with Crippen molar-refractivity contribution < 1.29 is 19.7 Å². The summed E-state index contributed by atoms with van der Waals surface area (Å²) in [7, 11) is 0. The number of ether oxygens (including phenoxy) is 1. The molecule has 2 rings (SSSR count). The highest BCUT2D eigenvalue weighted by Crippen LogP contribution is 2.26. The van der Waals surface area contributed by atoms with Crippen LogP contribution in [0.2, 0.25) is 5.02 Å². The first kappa shape index (κ1) is 21.8. The molecule has 0 heterocycles. The number of phenolic OH excluding ortho intramolecular Hbond substituents is 1. The van der Waals surface area contributed by atoms with Crippen LogP contribution in [0.4, 0.5) is 0 Å². The highest BCUT2D eigenvalue weighted by molar-refractivity contribution is 6.30. The molecule has 0 fully saturated rings. The number of aliphatic hydroxyl groups excluding tert-OH is 1. The lowest BCUT2D eigenvalue weighted by Crippen LogP contribution is -2.07. The molecule has 0 bridgehead atoms. The molecule has 2 aromatic carbocycles. The Kier molecular flexibility index (Phi) is 8.89. The molecule has 0 aliphatic heterocycles. The maximum atomic E-state index is 12.5. The Hall–Kier alpha value is -2.46. The van der Waals surface area contributed by atoms with Crippen LogP contribution in [0.15, 0.2) is 54.8 Å². The average molecular weight is 403 g/mol. The molecule has 0 atom stereocenters. The predicted octanol–water partition coefficient (Wildman–Crippen LogP) is 6.26. The van der Waals surface area contributed by atoms with Crippen molar-refractivity contribution in [3.8, 4) is 11.5 Å². The number of benzene rings is 2. The van der Waals surface area contributed by atoms with Crippen molar-refractivity contribution in [2.24, 2.45) is 0 Å². The molecule has 0 aliphatic rings. The summed E-state index contributed by atoms with van der Waals surface area (Å²) in [6, 6.07) is 11.8. The standard InChI is InChI=1S/C23H27ClO4/c1-17(25)9-5-3-2-4-8-14-28-23-13-12-19(24)15-18(23)16-22(27)20-10-6-7-11-21(20)26/h6-7,10-13,15,25-26H,1-5,8-9,14,16H2. The molecule has 0 aliphatic carbocycles. The minimum Gasteiger partial charge on any atom is -0.513 e. The third-order valence-electron chi connectivity index (χ3n) is 4.45. The molecule has 5 heteroatoms. The van der Waals surface area contributed by atoms with Gasteiger partial charge >= 0.3 is 0 Å². The van der Waals surface area contributed by atoms with Crippen molar-refractivity contribution in [2.45, 2.75) is 44.9 Å². The summed E-state index contributed by atoms with van der Waals surface area (Å²) in [4.78, 5) is 12.5. The minimum atomic E-state index is -0.185. The molecule has 0 amide bonds. The van der Waals surface area contributed by atoms with E-state index in [0.29, 0.717) is 34.9 Å². The molecule has 2 aromatic rings. The minimum absolute atomic E-state index is 0.0261. The fourth-order valence-corrected chi connectivity index (χ4v) is 3.14. The lowest BCUT2D eigenvalue weighted by atomic mass is 10.0. The molecule has 0 unspecified atom stereocenters. The molecule has 0 aromatic heterocycles. The van der Waals surface area contributed by atoms with Crippen LogP contribution in [-0.4, -0.2) is 22.6 Å². The third kappa shape index (κ3) is 7.28. The first-order chi connectivity index (χ1) is 13.5. The molecular formula is C23H27ClO4. The van der Waals surface area contributed by atoms with E-state index in [9.17, 15) is 9.90 Å². The number of allylic oxidation sites excluding steroid dienone is 1. The normalized spacial score (nSPS) is 10.6. The number of halogens is 1. The van der Waals surface area contributed by atoms with E-state index in [1.165, 1.54) is 6.07 Å². The summed E-state index contributed by atoms with van der Waals surface area (Å²) in [6.07, 6.45) is 5.81. The number of aliphatic hydroxyl groups is 1. The third-order valence-corrected chi connectivity index (χ3v) is 4.68. The molecular weight excluding hydrogens is 376 g/mol. The second-order valence-electron chi connectivity index (χ2n) is 6.80. The van der Waals surface area contributed by atoms with E-state index < -0.39 is 0 Å². The van der Waals surface area contributed by atoms with Gasteiger partial charge in [0.15, 0.2) is 5.78 Å². The SMILES string of the molecule is C=C(O)CCCCCCCOc1ccc(Cl)cc1CC(=O)c1ccccc1O. The zero-order valence-corrected chi connectivity index (χ0v) is 16.8. The van der Waals surface area contributed by atoms with Gasteiger partial charge in [-0.15, -0.1) is 0 Å². The number of hydrogen-bond donors (Lipinski definition) is 2. The van der Waals surface area contributed by atoms with E-state index in [-0.39, 0.29) is 23.7 Å². The topological polar surface area (TPSA) is 66.8 Å². The molecule has 150 valence electrons. The Labute approximate surface area is 171 Å². The lowest BCUT2D eigenvalue weighted by Gasteiger charge is -2.12. The van der Waals surface area contributed by atoms with Crippen molar-refractivity contribution in [2.75, 3.05) is 6.61 Å². The molecule has 0 radical (unpaired) electrons. The molecule has 0 spiro atoms. The Morgan fingerprint density at radius 1 is 1.04 bits per heavy atom. The van der Waals surface area contributed by atoms with Crippen LogP contribution in [0.5, 0.6) is 11.5 Å². The van der Waals surface area contributed by atoms with Crippen molar-refractivity contribution in [1.29, 1.82) is 0 Å². The number of aromatic hydroxyl groups is 1. The van der Waals surface area contributed by atoms with Gasteiger partial charge in [-0.1, -0.05) is 49.6 Å². The van der Waals surface area contributed by atoms with Gasteiger partial charge in [-0.3, -0.25) is 4.79 Å². The van der Waals surface area contributed by atoms with Crippen LogP contribution in [0.25, 0.3) is 0 Å². The largest absolute Gasteiger partial charge is 0.513 e. The zero-order chi connectivity index (χ0) is 20.4. The van der Waals surface area contributed by atoms with E-state index in [2.05, 4.69) is 6.58 Å². The first-order valence-electron chi connectivity index (χ1n) is 9.56. The summed E-state index contributed by atoms with van der Waals surface area (Å²) >= 11 is 6.09. The maximum Gasteiger partial charge on any atom is 0.171 e. The Morgan fingerprint density at radius 2 is 1.75 bits per heavy atom. The first-order valence-corrected chi connectivity index (χ1v) is 9.94. The van der Waals surface area contributed by atoms with Gasteiger partial charge in [-0.2, -0.15) is 0 Å². The molecule has 0 saturated carbocycles. The van der Waals surface area contributed by atoms with Gasteiger partial charge < -0.3 is 14.9 Å². The number of carbonyl (C=O) groups excluding carboxylic acids is 1. The van der Waals surface area contributed by atoms with Crippen LogP contribution in [-0.2, 0) is 6.42 Å². The fraction of sp³-hybridized carbons (Fsp3) is 0.348. The number of phenols is 1. The van der Waals surface area contributed by atoms with E-state index in [1.807, 2.05) is 0 Å². The predicted molar refractivity (Wildman–Crippen MR) is 113 cm³/mol. The highest BCUT2D eigenvalue weighted by Gasteiger charge is 2.14. The zero-order valence-electron chi connectivity index (χ0n) is 16.0. The van der Waals surface area contributed by atoms with Crippen LogP contribution < -0.4 is 4.74 Å². The second kappa shape index (κ2) is 11.4. The molecule has 2 N–H and O–H groups in total. The van der Waals surface area contributed by atoms with Gasteiger partial charge in [0.25, 0.3) is 0 Å². The molecule has 28 heavy (non-hydrogen) atoms. The van der Waals surface area contributed by atoms with Crippen LogP contribution >= 0.6 is 11.6 Å². The van der Waals surface area contributed by atoms with Crippen molar-refractivity contribution in [3.63, 3.8) is 0 Å². The summed E-state index contributed by atoms with van der Waals surface area (Å²) in [5.74, 6) is 0.680. The van der Waals surface area contributed by atoms with Crippen LogP contribution in [0.3, 0.4) is 0 Å². The monoisotopic (exact) mass is 402 g/mol. The van der Waals surface area contributed by atoms with Crippen molar-refractivity contribution in [3.05, 3.63) is 71.0 Å². The number of unbranched alkanes of at least 4 members (excludes halogenated alkanes) is 4. The fourth-order valence-electron chi connectivity index (χ4n) is 2.95. The van der Waals surface area contributed by atoms with Crippen molar-refractivity contribution in [1.82, 2.24) is 0 Å². The van der Waals surface area contributed by atoms with Crippen molar-refractivity contribution >= 4 is 17.4 Å². The van der Waals surface area contributed by atoms with Gasteiger partial charge in [-0.05, 0) is 43.2 Å². The van der Waals surface area contributed by atoms with E-state index in [4.69, 9.17) is 21.4 Å². The number of ketones is 1. The maximum absolute atomic E-state index is 12.5. The highest BCUT2D eigenvalue weighted by atomic mass is 35.5.